The molecule has 0 heterocycles. The summed E-state index contributed by atoms with van der Waals surface area (Å²) in [7, 11) is 3.38. The SMILES string of the molecule is COCc1cccc(NCc2cc(OC)ccc2Br)c1. The van der Waals surface area contributed by atoms with Crippen molar-refractivity contribution in [1.82, 2.24) is 0 Å². The second-order valence-electron chi connectivity index (χ2n) is 4.44. The van der Waals surface area contributed by atoms with Gasteiger partial charge in [0.25, 0.3) is 0 Å². The van der Waals surface area contributed by atoms with Gasteiger partial charge in [-0.3, -0.25) is 0 Å². The van der Waals surface area contributed by atoms with Gasteiger partial charge < -0.3 is 14.8 Å². The first-order valence-corrected chi connectivity index (χ1v) is 7.16. The smallest absolute Gasteiger partial charge is 0.119 e. The summed E-state index contributed by atoms with van der Waals surface area (Å²) in [4.78, 5) is 0. The van der Waals surface area contributed by atoms with Crippen molar-refractivity contribution in [2.45, 2.75) is 13.2 Å². The number of nitrogens with one attached hydrogen (secondary N) is 1. The summed E-state index contributed by atoms with van der Waals surface area (Å²) in [6, 6.07) is 14.2. The van der Waals surface area contributed by atoms with E-state index in [2.05, 4.69) is 33.4 Å². The second kappa shape index (κ2) is 7.31. The molecule has 0 bridgehead atoms. The van der Waals surface area contributed by atoms with Crippen molar-refractivity contribution < 1.29 is 9.47 Å². The molecule has 0 aliphatic carbocycles. The average Bonchev–Trinajstić information content (AvgIpc) is 2.47. The number of ether oxygens (including phenoxy) is 2. The van der Waals surface area contributed by atoms with Crippen molar-refractivity contribution in [3.05, 3.63) is 58.1 Å². The van der Waals surface area contributed by atoms with E-state index >= 15 is 0 Å². The van der Waals surface area contributed by atoms with Crippen molar-refractivity contribution in [3.63, 3.8) is 0 Å². The maximum absolute atomic E-state index is 5.25. The monoisotopic (exact) mass is 335 g/mol. The summed E-state index contributed by atoms with van der Waals surface area (Å²) >= 11 is 3.56. The standard InChI is InChI=1S/C16H18BrNO2/c1-19-11-12-4-3-5-14(8-12)18-10-13-9-15(20-2)6-7-16(13)17/h3-9,18H,10-11H2,1-2H3. The summed E-state index contributed by atoms with van der Waals surface area (Å²) in [5, 5.41) is 3.41. The lowest BCUT2D eigenvalue weighted by Gasteiger charge is -2.11. The van der Waals surface area contributed by atoms with Crippen LogP contribution in [0.1, 0.15) is 11.1 Å². The molecule has 106 valence electrons. The maximum atomic E-state index is 5.25. The Hall–Kier alpha value is -1.52. The number of anilines is 1. The van der Waals surface area contributed by atoms with E-state index < -0.39 is 0 Å². The highest BCUT2D eigenvalue weighted by atomic mass is 79.9. The molecule has 0 aliphatic heterocycles. The molecule has 0 unspecified atom stereocenters. The summed E-state index contributed by atoms with van der Waals surface area (Å²) in [5.74, 6) is 0.859. The third-order valence-electron chi connectivity index (χ3n) is 2.97. The Morgan fingerprint density at radius 2 is 1.95 bits per heavy atom. The van der Waals surface area contributed by atoms with Crippen molar-refractivity contribution in [2.24, 2.45) is 0 Å². The molecular weight excluding hydrogens is 318 g/mol. The summed E-state index contributed by atoms with van der Waals surface area (Å²) in [5.41, 5.74) is 3.39. The van der Waals surface area contributed by atoms with E-state index in [1.54, 1.807) is 14.2 Å². The molecule has 0 aliphatic rings. The predicted molar refractivity (Wildman–Crippen MR) is 85.2 cm³/mol. The zero-order valence-corrected chi connectivity index (χ0v) is 13.2. The molecule has 2 aromatic carbocycles. The molecule has 0 saturated carbocycles. The molecule has 2 rings (SSSR count). The van der Waals surface area contributed by atoms with E-state index in [0.29, 0.717) is 6.61 Å². The van der Waals surface area contributed by atoms with Crippen LogP contribution in [0.15, 0.2) is 46.9 Å². The Balaban J connectivity index is 2.06. The van der Waals surface area contributed by atoms with Gasteiger partial charge >= 0.3 is 0 Å². The third kappa shape index (κ3) is 3.99. The molecule has 0 amide bonds. The van der Waals surface area contributed by atoms with Crippen molar-refractivity contribution in [2.75, 3.05) is 19.5 Å². The van der Waals surface area contributed by atoms with Crippen LogP contribution in [0.3, 0.4) is 0 Å². The van der Waals surface area contributed by atoms with Gasteiger partial charge in [-0.15, -0.1) is 0 Å². The fourth-order valence-electron chi connectivity index (χ4n) is 1.95. The van der Waals surface area contributed by atoms with Crippen LogP contribution in [0.2, 0.25) is 0 Å². The van der Waals surface area contributed by atoms with Crippen LogP contribution >= 0.6 is 15.9 Å². The lowest BCUT2D eigenvalue weighted by atomic mass is 10.2. The minimum Gasteiger partial charge on any atom is -0.497 e. The van der Waals surface area contributed by atoms with E-state index in [9.17, 15) is 0 Å². The van der Waals surface area contributed by atoms with E-state index in [-0.39, 0.29) is 0 Å². The molecule has 3 nitrogen and oxygen atoms in total. The Bertz CT molecular complexity index is 572. The normalized spacial score (nSPS) is 10.3. The van der Waals surface area contributed by atoms with Crippen LogP contribution in [0.25, 0.3) is 0 Å². The number of methoxy groups -OCH3 is 2. The molecule has 2 aromatic rings. The molecule has 1 N–H and O–H groups in total. The zero-order chi connectivity index (χ0) is 14.4. The second-order valence-corrected chi connectivity index (χ2v) is 5.30. The molecule has 0 radical (unpaired) electrons. The van der Waals surface area contributed by atoms with Gasteiger partial charge in [-0.25, -0.2) is 0 Å². The molecule has 4 heteroatoms. The highest BCUT2D eigenvalue weighted by Gasteiger charge is 2.03. The molecule has 0 atom stereocenters. The van der Waals surface area contributed by atoms with Crippen molar-refractivity contribution >= 4 is 21.6 Å². The van der Waals surface area contributed by atoms with Crippen molar-refractivity contribution in [1.29, 1.82) is 0 Å². The van der Waals surface area contributed by atoms with E-state index in [1.165, 1.54) is 0 Å². The third-order valence-corrected chi connectivity index (χ3v) is 3.75. The number of hydrogen-bond acceptors (Lipinski definition) is 3. The molecule has 0 fully saturated rings. The summed E-state index contributed by atoms with van der Waals surface area (Å²) in [6.45, 7) is 1.35. The van der Waals surface area contributed by atoms with Gasteiger partial charge in [0.05, 0.1) is 13.7 Å². The fourth-order valence-corrected chi connectivity index (χ4v) is 2.34. The van der Waals surface area contributed by atoms with Gasteiger partial charge in [0.2, 0.25) is 0 Å². The topological polar surface area (TPSA) is 30.5 Å². The lowest BCUT2D eigenvalue weighted by Crippen LogP contribution is -2.01. The Morgan fingerprint density at radius 1 is 1.10 bits per heavy atom. The summed E-state index contributed by atoms with van der Waals surface area (Å²) in [6.07, 6.45) is 0. The van der Waals surface area contributed by atoms with E-state index in [1.807, 2.05) is 30.3 Å². The molecular formula is C16H18BrNO2. The van der Waals surface area contributed by atoms with Gasteiger partial charge in [0.15, 0.2) is 0 Å². The van der Waals surface area contributed by atoms with Gasteiger partial charge in [0, 0.05) is 23.8 Å². The lowest BCUT2D eigenvalue weighted by molar-refractivity contribution is 0.185. The van der Waals surface area contributed by atoms with E-state index in [4.69, 9.17) is 9.47 Å². The first kappa shape index (κ1) is 14.9. The highest BCUT2D eigenvalue weighted by molar-refractivity contribution is 9.10. The molecule has 0 spiro atoms. The highest BCUT2D eigenvalue weighted by Crippen LogP contribution is 2.23. The number of rotatable bonds is 6. The first-order chi connectivity index (χ1) is 9.72. The minimum absolute atomic E-state index is 0.623. The number of benzene rings is 2. The molecule has 0 aromatic heterocycles. The minimum atomic E-state index is 0.623. The van der Waals surface area contributed by atoms with Crippen LogP contribution in [-0.4, -0.2) is 14.2 Å². The average molecular weight is 336 g/mol. The largest absolute Gasteiger partial charge is 0.497 e. The van der Waals surface area contributed by atoms with Gasteiger partial charge in [0.1, 0.15) is 5.75 Å². The quantitative estimate of drug-likeness (QED) is 0.857. The van der Waals surface area contributed by atoms with Crippen molar-refractivity contribution in [3.8, 4) is 5.75 Å². The van der Waals surface area contributed by atoms with Gasteiger partial charge in [-0.05, 0) is 41.5 Å². The Labute approximate surface area is 128 Å². The van der Waals surface area contributed by atoms with Gasteiger partial charge in [-0.2, -0.15) is 0 Å². The predicted octanol–water partition coefficient (Wildman–Crippen LogP) is 4.22. The Morgan fingerprint density at radius 3 is 2.70 bits per heavy atom. The Kier molecular flexibility index (Phi) is 5.44. The van der Waals surface area contributed by atoms with Crippen LogP contribution in [0, 0.1) is 0 Å². The van der Waals surface area contributed by atoms with Crippen LogP contribution in [0.5, 0.6) is 5.75 Å². The summed E-state index contributed by atoms with van der Waals surface area (Å²) < 4.78 is 11.5. The molecule has 0 saturated heterocycles. The van der Waals surface area contributed by atoms with Crippen LogP contribution < -0.4 is 10.1 Å². The van der Waals surface area contributed by atoms with Crippen LogP contribution in [-0.2, 0) is 17.9 Å². The number of hydrogen-bond donors (Lipinski definition) is 1. The first-order valence-electron chi connectivity index (χ1n) is 6.37. The molecule has 20 heavy (non-hydrogen) atoms. The maximum Gasteiger partial charge on any atom is 0.119 e. The fraction of sp³-hybridized carbons (Fsp3) is 0.250. The van der Waals surface area contributed by atoms with E-state index in [0.717, 1.165) is 33.6 Å². The number of halogens is 1. The van der Waals surface area contributed by atoms with Crippen LogP contribution in [0.4, 0.5) is 5.69 Å². The zero-order valence-electron chi connectivity index (χ0n) is 11.7. The van der Waals surface area contributed by atoms with Gasteiger partial charge in [-0.1, -0.05) is 28.1 Å².